The molecule has 1 heteroatoms. The first-order valence-electron chi connectivity index (χ1n) is 8.74. The zero-order chi connectivity index (χ0) is 18.3. The highest BCUT2D eigenvalue weighted by Gasteiger charge is 2.16. The molecule has 1 aromatic carbocycles. The van der Waals surface area contributed by atoms with Crippen molar-refractivity contribution in [2.75, 3.05) is 0 Å². The highest BCUT2D eigenvalue weighted by Crippen LogP contribution is 2.33. The van der Waals surface area contributed by atoms with Crippen LogP contribution in [0.4, 0.5) is 0 Å². The van der Waals surface area contributed by atoms with Crippen LogP contribution in [0.1, 0.15) is 33.3 Å². The first-order valence-corrected chi connectivity index (χ1v) is 9.62. The quantitative estimate of drug-likeness (QED) is 0.484. The first kappa shape index (κ1) is 19.3. The molecule has 1 aliphatic carbocycles. The third kappa shape index (κ3) is 5.51. The van der Waals surface area contributed by atoms with Gasteiger partial charge in [-0.2, -0.15) is 0 Å². The SMILES string of the molecule is C=C/C=C(\C)C1=C(S/C=C/C(C)(C)c2ccccc2)C=CC(C)C=C1. The largest absolute Gasteiger partial charge is 0.0991 e. The van der Waals surface area contributed by atoms with Gasteiger partial charge in [0, 0.05) is 10.3 Å². The summed E-state index contributed by atoms with van der Waals surface area (Å²) >= 11 is 1.78. The lowest BCUT2D eigenvalue weighted by Gasteiger charge is -2.20. The Morgan fingerprint density at radius 1 is 1.12 bits per heavy atom. The molecule has 0 fully saturated rings. The molecule has 0 saturated heterocycles. The van der Waals surface area contributed by atoms with Gasteiger partial charge < -0.3 is 0 Å². The Kier molecular flexibility index (Phi) is 6.90. The summed E-state index contributed by atoms with van der Waals surface area (Å²) in [6, 6.07) is 10.6. The van der Waals surface area contributed by atoms with Crippen LogP contribution in [0.2, 0.25) is 0 Å². The number of allylic oxidation sites excluding steroid dienone is 9. The minimum absolute atomic E-state index is 0.0125. The maximum absolute atomic E-state index is 3.83. The molecule has 1 atom stereocenters. The topological polar surface area (TPSA) is 0 Å². The molecule has 1 unspecified atom stereocenters. The second kappa shape index (κ2) is 8.92. The highest BCUT2D eigenvalue weighted by molar-refractivity contribution is 8.06. The molecular weight excluding hydrogens is 320 g/mol. The van der Waals surface area contributed by atoms with Crippen LogP contribution in [0.5, 0.6) is 0 Å². The molecule has 0 amide bonds. The van der Waals surface area contributed by atoms with Gasteiger partial charge in [-0.25, -0.2) is 0 Å². The van der Waals surface area contributed by atoms with Crippen LogP contribution in [0, 0.1) is 5.92 Å². The Morgan fingerprint density at radius 3 is 2.48 bits per heavy atom. The lowest BCUT2D eigenvalue weighted by Crippen LogP contribution is -2.12. The molecule has 0 radical (unpaired) electrons. The van der Waals surface area contributed by atoms with Crippen LogP contribution in [0.25, 0.3) is 0 Å². The van der Waals surface area contributed by atoms with Gasteiger partial charge in [0.25, 0.3) is 0 Å². The summed E-state index contributed by atoms with van der Waals surface area (Å²) in [5, 5.41) is 2.22. The molecule has 2 rings (SSSR count). The van der Waals surface area contributed by atoms with E-state index in [-0.39, 0.29) is 5.41 Å². The second-order valence-corrected chi connectivity index (χ2v) is 7.90. The van der Waals surface area contributed by atoms with E-state index in [0.29, 0.717) is 5.92 Å². The van der Waals surface area contributed by atoms with Gasteiger partial charge in [0.2, 0.25) is 0 Å². The van der Waals surface area contributed by atoms with Crippen LogP contribution in [0.15, 0.2) is 101 Å². The third-order valence-corrected chi connectivity index (χ3v) is 5.26. The third-order valence-electron chi connectivity index (χ3n) is 4.37. The molecule has 0 nitrogen and oxygen atoms in total. The predicted molar refractivity (Wildman–Crippen MR) is 115 cm³/mol. The molecule has 1 aromatic rings. The second-order valence-electron chi connectivity index (χ2n) is 6.95. The lowest BCUT2D eigenvalue weighted by molar-refractivity contribution is 0.671. The van der Waals surface area contributed by atoms with Crippen molar-refractivity contribution in [2.45, 2.75) is 33.1 Å². The number of thioether (sulfide) groups is 1. The van der Waals surface area contributed by atoms with Crippen LogP contribution >= 0.6 is 11.8 Å². The van der Waals surface area contributed by atoms with Crippen LogP contribution in [-0.4, -0.2) is 0 Å². The van der Waals surface area contributed by atoms with E-state index in [1.165, 1.54) is 21.6 Å². The molecule has 130 valence electrons. The van der Waals surface area contributed by atoms with E-state index in [0.717, 1.165) is 0 Å². The van der Waals surface area contributed by atoms with Crippen LogP contribution < -0.4 is 0 Å². The molecule has 25 heavy (non-hydrogen) atoms. The minimum Gasteiger partial charge on any atom is -0.0991 e. The molecule has 0 saturated carbocycles. The van der Waals surface area contributed by atoms with Gasteiger partial charge in [0.05, 0.1) is 0 Å². The van der Waals surface area contributed by atoms with Gasteiger partial charge in [0.1, 0.15) is 0 Å². The Balaban J connectivity index is 2.26. The van der Waals surface area contributed by atoms with Crippen molar-refractivity contribution in [1.29, 1.82) is 0 Å². The summed E-state index contributed by atoms with van der Waals surface area (Å²) in [5.41, 5.74) is 3.85. The molecule has 0 bridgehead atoms. The van der Waals surface area contributed by atoms with Crippen molar-refractivity contribution < 1.29 is 0 Å². The van der Waals surface area contributed by atoms with E-state index in [1.807, 2.05) is 6.08 Å². The standard InChI is InChI=1S/C24H28S/c1-6-10-20(3)22-15-13-19(2)14-16-23(22)25-18-17-24(4,5)21-11-8-7-9-12-21/h6-19H,1H2,2-5H3/b18-17+,20-10+. The average molecular weight is 349 g/mol. The fraction of sp³-hybridized carbons (Fsp3) is 0.250. The zero-order valence-corrected chi connectivity index (χ0v) is 16.5. The maximum atomic E-state index is 3.83. The maximum Gasteiger partial charge on any atom is 0.0188 e. The number of hydrogen-bond acceptors (Lipinski definition) is 1. The first-order chi connectivity index (χ1) is 11.9. The Morgan fingerprint density at radius 2 is 1.80 bits per heavy atom. The van der Waals surface area contributed by atoms with E-state index in [1.54, 1.807) is 11.8 Å². The fourth-order valence-corrected chi connectivity index (χ4v) is 3.73. The van der Waals surface area contributed by atoms with Gasteiger partial charge in [-0.3, -0.25) is 0 Å². The number of hydrogen-bond donors (Lipinski definition) is 0. The number of rotatable bonds is 6. The Bertz CT molecular complexity index is 740. The summed E-state index contributed by atoms with van der Waals surface area (Å²) in [5.74, 6) is 0.453. The van der Waals surface area contributed by atoms with Gasteiger partial charge >= 0.3 is 0 Å². The van der Waals surface area contributed by atoms with Crippen LogP contribution in [-0.2, 0) is 5.41 Å². The van der Waals surface area contributed by atoms with E-state index in [9.17, 15) is 0 Å². The van der Waals surface area contributed by atoms with E-state index >= 15 is 0 Å². The molecule has 0 spiro atoms. The van der Waals surface area contributed by atoms with Gasteiger partial charge in [-0.1, -0.05) is 112 Å². The van der Waals surface area contributed by atoms with Gasteiger partial charge in [-0.15, -0.1) is 0 Å². The van der Waals surface area contributed by atoms with Crippen LogP contribution in [0.3, 0.4) is 0 Å². The normalized spacial score (nSPS) is 18.7. The van der Waals surface area contributed by atoms with Crippen molar-refractivity contribution >= 4 is 11.8 Å². The smallest absolute Gasteiger partial charge is 0.0188 e. The minimum atomic E-state index is 0.0125. The monoisotopic (exact) mass is 348 g/mol. The van der Waals surface area contributed by atoms with E-state index in [2.05, 4.69) is 106 Å². The molecule has 1 aliphatic rings. The fourth-order valence-electron chi connectivity index (χ4n) is 2.66. The van der Waals surface area contributed by atoms with Gasteiger partial charge in [-0.05, 0) is 35.0 Å². The molecule has 0 heterocycles. The summed E-state index contributed by atoms with van der Waals surface area (Å²) in [6.07, 6.45) is 15.2. The van der Waals surface area contributed by atoms with Crippen molar-refractivity contribution in [3.8, 4) is 0 Å². The summed E-state index contributed by atoms with van der Waals surface area (Å²) in [6.45, 7) is 12.7. The van der Waals surface area contributed by atoms with Crippen molar-refractivity contribution in [1.82, 2.24) is 0 Å². The summed E-state index contributed by atoms with van der Waals surface area (Å²) < 4.78 is 0. The number of benzene rings is 1. The Hall–Kier alpha value is -1.99. The predicted octanol–water partition coefficient (Wildman–Crippen LogP) is 7.36. The van der Waals surface area contributed by atoms with Gasteiger partial charge in [0.15, 0.2) is 0 Å². The summed E-state index contributed by atoms with van der Waals surface area (Å²) in [7, 11) is 0. The van der Waals surface area contributed by atoms with Crippen molar-refractivity contribution in [2.24, 2.45) is 5.92 Å². The Labute approximate surface area is 157 Å². The van der Waals surface area contributed by atoms with E-state index < -0.39 is 0 Å². The summed E-state index contributed by atoms with van der Waals surface area (Å²) in [4.78, 5) is 1.27. The highest BCUT2D eigenvalue weighted by atomic mass is 32.2. The molecular formula is C24H28S. The zero-order valence-electron chi connectivity index (χ0n) is 15.7. The molecule has 0 N–H and O–H groups in total. The van der Waals surface area contributed by atoms with Crippen molar-refractivity contribution in [3.05, 3.63) is 106 Å². The molecule has 0 aromatic heterocycles. The van der Waals surface area contributed by atoms with E-state index in [4.69, 9.17) is 0 Å². The molecule has 0 aliphatic heterocycles. The average Bonchev–Trinajstić information content (AvgIpc) is 2.78. The van der Waals surface area contributed by atoms with Crippen molar-refractivity contribution in [3.63, 3.8) is 0 Å². The lowest BCUT2D eigenvalue weighted by atomic mass is 9.85.